The molecule has 0 saturated heterocycles. The molecule has 5 rings (SSSR count). The van der Waals surface area contributed by atoms with Crippen molar-refractivity contribution in [1.29, 1.82) is 0 Å². The lowest BCUT2D eigenvalue weighted by molar-refractivity contribution is 0.484. The molecule has 27 heavy (non-hydrogen) atoms. The van der Waals surface area contributed by atoms with Gasteiger partial charge in [0, 0.05) is 52.2 Å². The number of benzene rings is 2. The van der Waals surface area contributed by atoms with Crippen molar-refractivity contribution in [3.63, 3.8) is 0 Å². The van der Waals surface area contributed by atoms with Gasteiger partial charge in [-0.1, -0.05) is 23.2 Å². The van der Waals surface area contributed by atoms with E-state index in [4.69, 9.17) is 27.9 Å². The third kappa shape index (κ3) is 2.95. The van der Waals surface area contributed by atoms with E-state index in [9.17, 15) is 0 Å². The minimum absolute atomic E-state index is 0.518. The van der Waals surface area contributed by atoms with Gasteiger partial charge in [-0.3, -0.25) is 9.67 Å². The number of aryl methyl sites for hydroxylation is 1. The zero-order chi connectivity index (χ0) is 18.4. The Balaban J connectivity index is 1.61. The van der Waals surface area contributed by atoms with E-state index in [1.807, 2.05) is 36.8 Å². The Bertz CT molecular complexity index is 1170. The Morgan fingerprint density at radius 3 is 2.81 bits per heavy atom. The normalized spacial score (nSPS) is 13.1. The van der Waals surface area contributed by atoms with Gasteiger partial charge >= 0.3 is 0 Å². The van der Waals surface area contributed by atoms with Crippen LogP contribution in [0.5, 0.6) is 11.5 Å². The van der Waals surface area contributed by atoms with Gasteiger partial charge in [-0.05, 0) is 48.6 Å². The Labute approximate surface area is 166 Å². The van der Waals surface area contributed by atoms with E-state index in [2.05, 4.69) is 14.8 Å². The first-order valence-electron chi connectivity index (χ1n) is 8.75. The van der Waals surface area contributed by atoms with Crippen LogP contribution in [0.1, 0.15) is 12.1 Å². The third-order valence-corrected chi connectivity index (χ3v) is 5.42. The second-order valence-corrected chi connectivity index (χ2v) is 7.42. The van der Waals surface area contributed by atoms with E-state index in [1.54, 1.807) is 18.2 Å². The van der Waals surface area contributed by atoms with Crippen LogP contribution in [0.2, 0.25) is 10.0 Å². The standard InChI is InChI=1S/C21H15Cl2N3O/c22-14-4-6-19(23)21(8-14)27-15-5-3-13-10-24-11-17(16(13)9-15)18-12-25-26-7-1-2-20(18)26/h3-6,8-12H,1-2,7H2. The van der Waals surface area contributed by atoms with Crippen LogP contribution in [-0.4, -0.2) is 14.8 Å². The molecule has 0 spiro atoms. The summed E-state index contributed by atoms with van der Waals surface area (Å²) in [4.78, 5) is 4.42. The summed E-state index contributed by atoms with van der Waals surface area (Å²) in [6.45, 7) is 0.981. The topological polar surface area (TPSA) is 39.9 Å². The predicted octanol–water partition coefficient (Wildman–Crippen LogP) is 6.14. The largest absolute Gasteiger partial charge is 0.456 e. The third-order valence-electron chi connectivity index (χ3n) is 4.88. The highest BCUT2D eigenvalue weighted by molar-refractivity contribution is 6.34. The molecule has 4 aromatic rings. The van der Waals surface area contributed by atoms with Crippen LogP contribution in [0.3, 0.4) is 0 Å². The molecule has 0 saturated carbocycles. The van der Waals surface area contributed by atoms with Crippen LogP contribution >= 0.6 is 23.2 Å². The van der Waals surface area contributed by atoms with Crippen molar-refractivity contribution in [2.24, 2.45) is 0 Å². The van der Waals surface area contributed by atoms with Crippen molar-refractivity contribution in [2.45, 2.75) is 19.4 Å². The van der Waals surface area contributed by atoms with E-state index >= 15 is 0 Å². The molecule has 0 bridgehead atoms. The molecule has 0 atom stereocenters. The molecule has 1 aliphatic heterocycles. The number of aromatic nitrogens is 3. The van der Waals surface area contributed by atoms with Crippen molar-refractivity contribution < 1.29 is 4.74 Å². The molecule has 4 nitrogen and oxygen atoms in total. The van der Waals surface area contributed by atoms with Gasteiger partial charge in [-0.25, -0.2) is 0 Å². The monoisotopic (exact) mass is 395 g/mol. The molecule has 3 heterocycles. The van der Waals surface area contributed by atoms with E-state index in [1.165, 1.54) is 5.69 Å². The first-order chi connectivity index (χ1) is 13.2. The molecule has 0 radical (unpaired) electrons. The second kappa shape index (κ2) is 6.55. The lowest BCUT2D eigenvalue weighted by Gasteiger charge is -2.11. The van der Waals surface area contributed by atoms with Gasteiger partial charge in [0.05, 0.1) is 11.2 Å². The fourth-order valence-electron chi connectivity index (χ4n) is 3.59. The minimum Gasteiger partial charge on any atom is -0.456 e. The summed E-state index contributed by atoms with van der Waals surface area (Å²) in [7, 11) is 0. The van der Waals surface area contributed by atoms with Crippen molar-refractivity contribution >= 4 is 34.0 Å². The van der Waals surface area contributed by atoms with Gasteiger partial charge in [0.1, 0.15) is 11.5 Å². The average Bonchev–Trinajstić information content (AvgIpc) is 3.28. The SMILES string of the molecule is Clc1ccc(Cl)c(Oc2ccc3cncc(-c4cnn5c4CCC5)c3c2)c1. The average molecular weight is 396 g/mol. The van der Waals surface area contributed by atoms with Gasteiger partial charge in [-0.15, -0.1) is 0 Å². The molecule has 6 heteroatoms. The van der Waals surface area contributed by atoms with Gasteiger partial charge in [0.15, 0.2) is 0 Å². The highest BCUT2D eigenvalue weighted by Gasteiger charge is 2.19. The van der Waals surface area contributed by atoms with Crippen LogP contribution in [0.25, 0.3) is 21.9 Å². The molecule has 1 aliphatic rings. The Kier molecular flexibility index (Phi) is 4.03. The highest BCUT2D eigenvalue weighted by atomic mass is 35.5. The summed E-state index contributed by atoms with van der Waals surface area (Å²) in [5, 5.41) is 7.74. The molecule has 0 unspecified atom stereocenters. The van der Waals surface area contributed by atoms with E-state index in [0.29, 0.717) is 21.5 Å². The lowest BCUT2D eigenvalue weighted by atomic mass is 10.0. The Hall–Kier alpha value is -2.56. The number of rotatable bonds is 3. The molecule has 2 aromatic heterocycles. The molecule has 0 N–H and O–H groups in total. The van der Waals surface area contributed by atoms with Crippen LogP contribution in [0.4, 0.5) is 0 Å². The maximum atomic E-state index is 6.24. The summed E-state index contributed by atoms with van der Waals surface area (Å²) < 4.78 is 8.09. The van der Waals surface area contributed by atoms with Crippen molar-refractivity contribution in [3.8, 4) is 22.6 Å². The summed E-state index contributed by atoms with van der Waals surface area (Å²) in [6.07, 6.45) is 7.87. The Morgan fingerprint density at radius 1 is 0.963 bits per heavy atom. The fraction of sp³-hybridized carbons (Fsp3) is 0.143. The number of pyridine rings is 1. The van der Waals surface area contributed by atoms with E-state index in [0.717, 1.165) is 41.3 Å². The molecular formula is C21H15Cl2N3O. The number of halogens is 2. The summed E-state index contributed by atoms with van der Waals surface area (Å²) >= 11 is 12.3. The number of nitrogens with zero attached hydrogens (tertiary/aromatic N) is 3. The van der Waals surface area contributed by atoms with Gasteiger partial charge < -0.3 is 4.74 Å². The predicted molar refractivity (Wildman–Crippen MR) is 108 cm³/mol. The number of hydrogen-bond acceptors (Lipinski definition) is 3. The summed E-state index contributed by atoms with van der Waals surface area (Å²) in [6, 6.07) is 11.1. The molecule has 2 aromatic carbocycles. The maximum Gasteiger partial charge on any atom is 0.147 e. The van der Waals surface area contributed by atoms with Crippen molar-refractivity contribution in [2.75, 3.05) is 0 Å². The van der Waals surface area contributed by atoms with E-state index in [-0.39, 0.29) is 0 Å². The zero-order valence-corrected chi connectivity index (χ0v) is 15.8. The number of ether oxygens (including phenoxy) is 1. The molecule has 0 amide bonds. The number of hydrogen-bond donors (Lipinski definition) is 0. The van der Waals surface area contributed by atoms with Crippen LogP contribution in [0, 0.1) is 0 Å². The maximum absolute atomic E-state index is 6.24. The van der Waals surface area contributed by atoms with Crippen molar-refractivity contribution in [1.82, 2.24) is 14.8 Å². The van der Waals surface area contributed by atoms with Gasteiger partial charge in [0.2, 0.25) is 0 Å². The summed E-state index contributed by atoms with van der Waals surface area (Å²) in [5.41, 5.74) is 3.48. The second-order valence-electron chi connectivity index (χ2n) is 6.58. The van der Waals surface area contributed by atoms with Gasteiger partial charge in [-0.2, -0.15) is 5.10 Å². The molecule has 134 valence electrons. The Morgan fingerprint density at radius 2 is 1.89 bits per heavy atom. The van der Waals surface area contributed by atoms with Crippen LogP contribution in [0.15, 0.2) is 55.0 Å². The molecule has 0 fully saturated rings. The van der Waals surface area contributed by atoms with Crippen molar-refractivity contribution in [3.05, 3.63) is 70.7 Å². The van der Waals surface area contributed by atoms with Crippen LogP contribution < -0.4 is 4.74 Å². The quantitative estimate of drug-likeness (QED) is 0.417. The molecule has 0 aliphatic carbocycles. The fourth-order valence-corrected chi connectivity index (χ4v) is 3.91. The van der Waals surface area contributed by atoms with Gasteiger partial charge in [0.25, 0.3) is 0 Å². The smallest absolute Gasteiger partial charge is 0.147 e. The van der Waals surface area contributed by atoms with Crippen LogP contribution in [-0.2, 0) is 13.0 Å². The van der Waals surface area contributed by atoms with E-state index < -0.39 is 0 Å². The molecular weight excluding hydrogens is 381 g/mol. The first-order valence-corrected chi connectivity index (χ1v) is 9.50. The first kappa shape index (κ1) is 16.6. The minimum atomic E-state index is 0.518. The number of fused-ring (bicyclic) bond motifs is 2. The zero-order valence-electron chi connectivity index (χ0n) is 14.3. The lowest BCUT2D eigenvalue weighted by Crippen LogP contribution is -1.93. The summed E-state index contributed by atoms with van der Waals surface area (Å²) in [5.74, 6) is 1.23. The highest BCUT2D eigenvalue weighted by Crippen LogP contribution is 2.37.